The van der Waals surface area contributed by atoms with E-state index in [0.29, 0.717) is 23.8 Å². The van der Waals surface area contributed by atoms with E-state index >= 15 is 0 Å². The van der Waals surface area contributed by atoms with Crippen molar-refractivity contribution in [3.8, 4) is 0 Å². The molecule has 3 nitrogen and oxygen atoms in total. The summed E-state index contributed by atoms with van der Waals surface area (Å²) in [7, 11) is 1.92. The second kappa shape index (κ2) is 6.64. The minimum absolute atomic E-state index is 0.151. The molecule has 2 unspecified atom stereocenters. The number of carbonyl (C=O) groups excluding carboxylic acids is 1. The topological polar surface area (TPSA) is 46.3 Å². The fourth-order valence-corrected chi connectivity index (χ4v) is 4.48. The van der Waals surface area contributed by atoms with Gasteiger partial charge in [0.2, 0.25) is 5.91 Å². The Balaban J connectivity index is 1.74. The Morgan fingerprint density at radius 3 is 2.48 bits per heavy atom. The minimum Gasteiger partial charge on any atom is -0.327 e. The highest BCUT2D eigenvalue weighted by Gasteiger charge is 2.41. The molecule has 2 fully saturated rings. The lowest BCUT2D eigenvalue weighted by Gasteiger charge is -2.44. The number of benzene rings is 1. The summed E-state index contributed by atoms with van der Waals surface area (Å²) in [5.41, 5.74) is 8.66. The summed E-state index contributed by atoms with van der Waals surface area (Å²) in [5, 5.41) is 0. The summed E-state index contributed by atoms with van der Waals surface area (Å²) in [6, 6.07) is 8.70. The summed E-state index contributed by atoms with van der Waals surface area (Å²) in [4.78, 5) is 14.9. The molecule has 1 amide bonds. The van der Waals surface area contributed by atoms with Gasteiger partial charge in [0.1, 0.15) is 0 Å². The second-order valence-corrected chi connectivity index (χ2v) is 7.84. The van der Waals surface area contributed by atoms with Gasteiger partial charge in [0.25, 0.3) is 0 Å². The van der Waals surface area contributed by atoms with E-state index in [1.54, 1.807) is 0 Å². The van der Waals surface area contributed by atoms with Crippen molar-refractivity contribution in [3.63, 3.8) is 0 Å². The fourth-order valence-electron chi connectivity index (χ4n) is 4.48. The van der Waals surface area contributed by atoms with Crippen LogP contribution in [0.5, 0.6) is 0 Å². The molecular formula is C20H30N2O. The number of anilines is 1. The largest absolute Gasteiger partial charge is 0.327 e. The molecule has 2 saturated carbocycles. The Bertz CT molecular complexity index is 555. The van der Waals surface area contributed by atoms with Crippen molar-refractivity contribution in [2.75, 3.05) is 11.9 Å². The zero-order valence-electron chi connectivity index (χ0n) is 14.7. The highest BCUT2D eigenvalue weighted by molar-refractivity contribution is 5.94. The summed E-state index contributed by atoms with van der Waals surface area (Å²) in [6.07, 6.45) is 5.65. The molecule has 1 aromatic carbocycles. The van der Waals surface area contributed by atoms with Crippen LogP contribution in [0.2, 0.25) is 0 Å². The van der Waals surface area contributed by atoms with E-state index in [4.69, 9.17) is 5.73 Å². The average Bonchev–Trinajstić information content (AvgIpc) is 2.53. The number of hydrogen-bond acceptors (Lipinski definition) is 2. The number of hydrogen-bond donors (Lipinski definition) is 1. The molecular weight excluding hydrogens is 284 g/mol. The monoisotopic (exact) mass is 314 g/mol. The lowest BCUT2D eigenvalue weighted by atomic mass is 9.65. The van der Waals surface area contributed by atoms with Gasteiger partial charge in [-0.1, -0.05) is 32.4 Å². The van der Waals surface area contributed by atoms with Crippen molar-refractivity contribution < 1.29 is 4.79 Å². The number of nitrogens with two attached hydrogens (primary N) is 1. The first-order valence-electron chi connectivity index (χ1n) is 9.10. The second-order valence-electron chi connectivity index (χ2n) is 7.84. The van der Waals surface area contributed by atoms with Gasteiger partial charge in [-0.05, 0) is 61.1 Å². The lowest BCUT2D eigenvalue weighted by Crippen LogP contribution is -2.49. The predicted molar refractivity (Wildman–Crippen MR) is 95.5 cm³/mol. The molecule has 2 aliphatic carbocycles. The molecule has 0 saturated heterocycles. The predicted octanol–water partition coefficient (Wildman–Crippen LogP) is 3.93. The normalized spacial score (nSPS) is 30.3. The van der Waals surface area contributed by atoms with Crippen LogP contribution in [-0.4, -0.2) is 19.0 Å². The first-order chi connectivity index (χ1) is 11.0. The van der Waals surface area contributed by atoms with Gasteiger partial charge in [0.05, 0.1) is 0 Å². The van der Waals surface area contributed by atoms with Crippen LogP contribution in [0.25, 0.3) is 0 Å². The maximum Gasteiger partial charge on any atom is 0.229 e. The molecule has 2 aliphatic rings. The lowest BCUT2D eigenvalue weighted by molar-refractivity contribution is -0.124. The van der Waals surface area contributed by atoms with Crippen LogP contribution < -0.4 is 10.6 Å². The van der Waals surface area contributed by atoms with Gasteiger partial charge >= 0.3 is 0 Å². The van der Waals surface area contributed by atoms with Crippen LogP contribution in [0.15, 0.2) is 24.3 Å². The SMILES string of the molecule is CC(C)c1cccc(N(C)C(=O)C2CC3CCCC(C2)C3N)c1. The molecule has 0 heterocycles. The third-order valence-corrected chi connectivity index (χ3v) is 6.02. The van der Waals surface area contributed by atoms with Gasteiger partial charge in [-0.2, -0.15) is 0 Å². The smallest absolute Gasteiger partial charge is 0.229 e. The molecule has 2 atom stereocenters. The van der Waals surface area contributed by atoms with Crippen LogP contribution in [0, 0.1) is 17.8 Å². The Labute approximate surface area is 140 Å². The van der Waals surface area contributed by atoms with Gasteiger partial charge in [-0.3, -0.25) is 4.79 Å². The zero-order chi connectivity index (χ0) is 16.6. The summed E-state index contributed by atoms with van der Waals surface area (Å²) >= 11 is 0. The molecule has 2 bridgehead atoms. The zero-order valence-corrected chi connectivity index (χ0v) is 14.7. The Kier molecular flexibility index (Phi) is 4.77. The van der Waals surface area contributed by atoms with Gasteiger partial charge in [0, 0.05) is 24.7 Å². The summed E-state index contributed by atoms with van der Waals surface area (Å²) < 4.78 is 0. The first-order valence-corrected chi connectivity index (χ1v) is 9.10. The van der Waals surface area contributed by atoms with E-state index in [1.807, 2.05) is 18.0 Å². The third-order valence-electron chi connectivity index (χ3n) is 6.02. The fraction of sp³-hybridized carbons (Fsp3) is 0.650. The van der Waals surface area contributed by atoms with Crippen LogP contribution in [0.4, 0.5) is 5.69 Å². The molecule has 23 heavy (non-hydrogen) atoms. The number of fused-ring (bicyclic) bond motifs is 2. The molecule has 0 radical (unpaired) electrons. The molecule has 3 rings (SSSR count). The van der Waals surface area contributed by atoms with E-state index in [0.717, 1.165) is 18.5 Å². The number of carbonyl (C=O) groups is 1. The molecule has 0 aromatic heterocycles. The Morgan fingerprint density at radius 2 is 1.87 bits per heavy atom. The van der Waals surface area contributed by atoms with Crippen molar-refractivity contribution in [2.45, 2.75) is 57.9 Å². The first kappa shape index (κ1) is 16.5. The number of nitrogens with zero attached hydrogens (tertiary/aromatic N) is 1. The Morgan fingerprint density at radius 1 is 1.22 bits per heavy atom. The van der Waals surface area contributed by atoms with E-state index < -0.39 is 0 Å². The third kappa shape index (κ3) is 3.30. The van der Waals surface area contributed by atoms with Gasteiger partial charge in [-0.15, -0.1) is 0 Å². The van der Waals surface area contributed by atoms with E-state index in [2.05, 4.69) is 32.0 Å². The van der Waals surface area contributed by atoms with Crippen LogP contribution in [0.1, 0.15) is 57.4 Å². The number of amides is 1. The maximum atomic E-state index is 13.0. The number of rotatable bonds is 3. The average molecular weight is 314 g/mol. The van der Waals surface area contributed by atoms with Gasteiger partial charge < -0.3 is 10.6 Å². The van der Waals surface area contributed by atoms with Crippen molar-refractivity contribution >= 4 is 11.6 Å². The molecule has 0 spiro atoms. The van der Waals surface area contributed by atoms with E-state index in [-0.39, 0.29) is 11.8 Å². The molecule has 2 N–H and O–H groups in total. The molecule has 1 aromatic rings. The standard InChI is InChI=1S/C20H30N2O/c1-13(2)14-6-5-9-18(12-14)22(3)20(23)17-10-15-7-4-8-16(11-17)19(15)21/h5-6,9,12-13,15-17,19H,4,7-8,10-11,21H2,1-3H3. The van der Waals surface area contributed by atoms with E-state index in [1.165, 1.54) is 24.8 Å². The van der Waals surface area contributed by atoms with Crippen LogP contribution in [-0.2, 0) is 4.79 Å². The van der Waals surface area contributed by atoms with Crippen molar-refractivity contribution in [3.05, 3.63) is 29.8 Å². The van der Waals surface area contributed by atoms with Crippen molar-refractivity contribution in [1.82, 2.24) is 0 Å². The summed E-state index contributed by atoms with van der Waals surface area (Å²) in [5.74, 6) is 2.00. The minimum atomic E-state index is 0.151. The van der Waals surface area contributed by atoms with Crippen LogP contribution >= 0.6 is 0 Å². The van der Waals surface area contributed by atoms with Gasteiger partial charge in [-0.25, -0.2) is 0 Å². The molecule has 0 aliphatic heterocycles. The van der Waals surface area contributed by atoms with Gasteiger partial charge in [0.15, 0.2) is 0 Å². The highest BCUT2D eigenvalue weighted by Crippen LogP contribution is 2.42. The quantitative estimate of drug-likeness (QED) is 0.919. The van der Waals surface area contributed by atoms with Crippen molar-refractivity contribution in [2.24, 2.45) is 23.5 Å². The summed E-state index contributed by atoms with van der Waals surface area (Å²) in [6.45, 7) is 4.37. The van der Waals surface area contributed by atoms with Crippen molar-refractivity contribution in [1.29, 1.82) is 0 Å². The van der Waals surface area contributed by atoms with Crippen LogP contribution in [0.3, 0.4) is 0 Å². The molecule has 3 heteroatoms. The highest BCUT2D eigenvalue weighted by atomic mass is 16.2. The molecule has 126 valence electrons. The Hall–Kier alpha value is -1.35. The maximum absolute atomic E-state index is 13.0. The van der Waals surface area contributed by atoms with E-state index in [9.17, 15) is 4.79 Å².